The van der Waals surface area contributed by atoms with Crippen LogP contribution in [0.5, 0.6) is 5.75 Å². The Hall–Kier alpha value is -1.09. The van der Waals surface area contributed by atoms with Gasteiger partial charge in [-0.25, -0.2) is 4.39 Å². The zero-order valence-electron chi connectivity index (χ0n) is 7.72. The summed E-state index contributed by atoms with van der Waals surface area (Å²) in [5.41, 5.74) is 6.24. The molecule has 0 aliphatic carbocycles. The number of nitrogens with two attached hydrogens (primary N) is 1. The topological polar surface area (TPSA) is 35.2 Å². The maximum Gasteiger partial charge on any atom is 0.123 e. The van der Waals surface area contributed by atoms with Gasteiger partial charge >= 0.3 is 0 Å². The van der Waals surface area contributed by atoms with Crippen molar-refractivity contribution in [3.05, 3.63) is 29.6 Å². The van der Waals surface area contributed by atoms with Gasteiger partial charge in [0.15, 0.2) is 0 Å². The Labute approximate surface area is 77.5 Å². The highest BCUT2D eigenvalue weighted by molar-refractivity contribution is 5.34. The highest BCUT2D eigenvalue weighted by Crippen LogP contribution is 2.19. The molecule has 0 heterocycles. The van der Waals surface area contributed by atoms with E-state index in [-0.39, 0.29) is 5.82 Å². The summed E-state index contributed by atoms with van der Waals surface area (Å²) in [7, 11) is 0. The normalized spacial score (nSPS) is 10.1. The monoisotopic (exact) mass is 183 g/mol. The maximum absolute atomic E-state index is 12.8. The van der Waals surface area contributed by atoms with E-state index >= 15 is 0 Å². The van der Waals surface area contributed by atoms with E-state index in [1.807, 2.05) is 6.92 Å². The first-order valence-corrected chi connectivity index (χ1v) is 4.39. The van der Waals surface area contributed by atoms with Gasteiger partial charge in [-0.1, -0.05) is 0 Å². The van der Waals surface area contributed by atoms with Gasteiger partial charge in [0.05, 0.1) is 6.61 Å². The van der Waals surface area contributed by atoms with Crippen LogP contribution in [0.3, 0.4) is 0 Å². The van der Waals surface area contributed by atoms with Crippen LogP contribution >= 0.6 is 0 Å². The molecule has 0 saturated carbocycles. The number of rotatable bonds is 4. The predicted molar refractivity (Wildman–Crippen MR) is 50.3 cm³/mol. The summed E-state index contributed by atoms with van der Waals surface area (Å²) in [5, 5.41) is 0. The summed E-state index contributed by atoms with van der Waals surface area (Å²) in [6.07, 6.45) is 0.646. The molecule has 0 aliphatic heterocycles. The van der Waals surface area contributed by atoms with Crippen LogP contribution in [0.25, 0.3) is 0 Å². The minimum absolute atomic E-state index is 0.244. The lowest BCUT2D eigenvalue weighted by Gasteiger charge is -2.08. The first-order chi connectivity index (χ1) is 6.27. The largest absolute Gasteiger partial charge is 0.494 e. The Morgan fingerprint density at radius 3 is 2.85 bits per heavy atom. The fourth-order valence-electron chi connectivity index (χ4n) is 1.20. The molecule has 2 nitrogen and oxygen atoms in total. The van der Waals surface area contributed by atoms with Crippen molar-refractivity contribution in [1.29, 1.82) is 0 Å². The van der Waals surface area contributed by atoms with Crippen LogP contribution in [-0.2, 0) is 6.42 Å². The Morgan fingerprint density at radius 1 is 1.46 bits per heavy atom. The number of hydrogen-bond acceptors (Lipinski definition) is 2. The van der Waals surface area contributed by atoms with Crippen LogP contribution in [0, 0.1) is 5.82 Å². The van der Waals surface area contributed by atoms with Gasteiger partial charge in [0.1, 0.15) is 11.6 Å². The van der Waals surface area contributed by atoms with E-state index in [1.54, 1.807) is 6.07 Å². The van der Waals surface area contributed by atoms with Crippen LogP contribution in [0.2, 0.25) is 0 Å². The molecule has 3 heteroatoms. The fraction of sp³-hybridized carbons (Fsp3) is 0.400. The van der Waals surface area contributed by atoms with Crippen molar-refractivity contribution in [3.8, 4) is 5.75 Å². The number of ether oxygens (including phenoxy) is 1. The molecule has 0 amide bonds. The highest BCUT2D eigenvalue weighted by atomic mass is 19.1. The minimum Gasteiger partial charge on any atom is -0.494 e. The van der Waals surface area contributed by atoms with E-state index in [0.29, 0.717) is 19.6 Å². The number of benzene rings is 1. The Kier molecular flexibility index (Phi) is 3.71. The fourth-order valence-corrected chi connectivity index (χ4v) is 1.20. The second-order valence-corrected chi connectivity index (χ2v) is 2.72. The molecule has 0 aliphatic rings. The molecule has 1 aromatic carbocycles. The van der Waals surface area contributed by atoms with Crippen LogP contribution in [0.1, 0.15) is 12.5 Å². The highest BCUT2D eigenvalue weighted by Gasteiger charge is 2.03. The average Bonchev–Trinajstić information content (AvgIpc) is 2.10. The predicted octanol–water partition coefficient (Wildman–Crippen LogP) is 1.73. The molecular formula is C10H14FNO. The SMILES string of the molecule is CCOc1ccc(F)cc1CCN. The first-order valence-electron chi connectivity index (χ1n) is 4.39. The molecule has 72 valence electrons. The van der Waals surface area contributed by atoms with Crippen LogP contribution in [0.4, 0.5) is 4.39 Å². The van der Waals surface area contributed by atoms with Gasteiger partial charge in [-0.2, -0.15) is 0 Å². The van der Waals surface area contributed by atoms with E-state index < -0.39 is 0 Å². The lowest BCUT2D eigenvalue weighted by molar-refractivity contribution is 0.336. The maximum atomic E-state index is 12.8. The Morgan fingerprint density at radius 2 is 2.23 bits per heavy atom. The summed E-state index contributed by atoms with van der Waals surface area (Å²) >= 11 is 0. The molecule has 1 rings (SSSR count). The van der Waals surface area contributed by atoms with Gasteiger partial charge in [-0.05, 0) is 43.7 Å². The standard InChI is InChI=1S/C10H14FNO/c1-2-13-10-4-3-9(11)7-8(10)5-6-12/h3-4,7H,2,5-6,12H2,1H3. The van der Waals surface area contributed by atoms with Crippen molar-refractivity contribution < 1.29 is 9.13 Å². The molecule has 0 unspecified atom stereocenters. The first kappa shape index (κ1) is 9.99. The van der Waals surface area contributed by atoms with Crippen molar-refractivity contribution >= 4 is 0 Å². The van der Waals surface area contributed by atoms with Crippen LogP contribution < -0.4 is 10.5 Å². The van der Waals surface area contributed by atoms with Gasteiger partial charge in [0.2, 0.25) is 0 Å². The summed E-state index contributed by atoms with van der Waals surface area (Å²) in [6, 6.07) is 4.51. The van der Waals surface area contributed by atoms with Crippen molar-refractivity contribution in [3.63, 3.8) is 0 Å². The van der Waals surface area contributed by atoms with E-state index in [2.05, 4.69) is 0 Å². The van der Waals surface area contributed by atoms with Crippen molar-refractivity contribution in [2.75, 3.05) is 13.2 Å². The number of halogens is 1. The zero-order chi connectivity index (χ0) is 9.68. The molecule has 0 aromatic heterocycles. The Balaban J connectivity index is 2.89. The third-order valence-electron chi connectivity index (χ3n) is 1.74. The van der Waals surface area contributed by atoms with Crippen LogP contribution in [0.15, 0.2) is 18.2 Å². The van der Waals surface area contributed by atoms with Crippen LogP contribution in [-0.4, -0.2) is 13.2 Å². The molecule has 0 bridgehead atoms. The van der Waals surface area contributed by atoms with Crippen molar-refractivity contribution in [1.82, 2.24) is 0 Å². The van der Waals surface area contributed by atoms with Gasteiger partial charge < -0.3 is 10.5 Å². The third-order valence-corrected chi connectivity index (χ3v) is 1.74. The lowest BCUT2D eigenvalue weighted by atomic mass is 10.1. The molecule has 2 N–H and O–H groups in total. The minimum atomic E-state index is -0.244. The molecule has 0 saturated heterocycles. The van der Waals surface area contributed by atoms with E-state index in [9.17, 15) is 4.39 Å². The summed E-state index contributed by atoms with van der Waals surface area (Å²) in [5.74, 6) is 0.487. The van der Waals surface area contributed by atoms with E-state index in [0.717, 1.165) is 11.3 Å². The molecule has 0 fully saturated rings. The zero-order valence-corrected chi connectivity index (χ0v) is 7.72. The van der Waals surface area contributed by atoms with Crippen molar-refractivity contribution in [2.45, 2.75) is 13.3 Å². The summed E-state index contributed by atoms with van der Waals surface area (Å²) < 4.78 is 18.1. The Bertz CT molecular complexity index is 276. The third kappa shape index (κ3) is 2.70. The second kappa shape index (κ2) is 4.82. The lowest BCUT2D eigenvalue weighted by Crippen LogP contribution is -2.05. The van der Waals surface area contributed by atoms with Gasteiger partial charge in [-0.15, -0.1) is 0 Å². The molecule has 1 aromatic rings. The number of hydrogen-bond donors (Lipinski definition) is 1. The smallest absolute Gasteiger partial charge is 0.123 e. The molecule has 13 heavy (non-hydrogen) atoms. The van der Waals surface area contributed by atoms with E-state index in [4.69, 9.17) is 10.5 Å². The van der Waals surface area contributed by atoms with Gasteiger partial charge in [0.25, 0.3) is 0 Å². The van der Waals surface area contributed by atoms with Gasteiger partial charge in [-0.3, -0.25) is 0 Å². The summed E-state index contributed by atoms with van der Waals surface area (Å²) in [6.45, 7) is 2.99. The molecule has 0 atom stereocenters. The molecule has 0 spiro atoms. The second-order valence-electron chi connectivity index (χ2n) is 2.72. The quantitative estimate of drug-likeness (QED) is 0.771. The average molecular weight is 183 g/mol. The molecular weight excluding hydrogens is 169 g/mol. The summed E-state index contributed by atoms with van der Waals surface area (Å²) in [4.78, 5) is 0. The molecule has 0 radical (unpaired) electrons. The van der Waals surface area contributed by atoms with Gasteiger partial charge in [0, 0.05) is 0 Å². The van der Waals surface area contributed by atoms with Crippen molar-refractivity contribution in [2.24, 2.45) is 5.73 Å². The van der Waals surface area contributed by atoms with E-state index in [1.165, 1.54) is 12.1 Å².